The van der Waals surface area contributed by atoms with Gasteiger partial charge in [-0.15, -0.1) is 0 Å². The zero-order chi connectivity index (χ0) is 21.5. The molecular formula is C21H19N5O3S. The summed E-state index contributed by atoms with van der Waals surface area (Å²) in [6, 6.07) is 18.1. The van der Waals surface area contributed by atoms with Gasteiger partial charge >= 0.3 is 11.8 Å². The number of fused-ring (bicyclic) bond motifs is 1. The number of nitrogens with zero attached hydrogens (tertiary/aromatic N) is 3. The van der Waals surface area contributed by atoms with E-state index in [1.807, 2.05) is 36.4 Å². The first-order valence-electron chi connectivity index (χ1n) is 8.99. The number of aromatic nitrogens is 4. The van der Waals surface area contributed by atoms with Gasteiger partial charge in [0.25, 0.3) is 0 Å². The number of aryl methyl sites for hydroxylation is 1. The first kappa shape index (κ1) is 21.0. The minimum Gasteiger partial charge on any atom is -0.382 e. The van der Waals surface area contributed by atoms with Gasteiger partial charge in [-0.1, -0.05) is 71.9 Å². The maximum absolute atomic E-state index is 12.4. The van der Waals surface area contributed by atoms with Crippen molar-refractivity contribution in [3.63, 3.8) is 0 Å². The van der Waals surface area contributed by atoms with Crippen LogP contribution in [0.5, 0.6) is 0 Å². The van der Waals surface area contributed by atoms with E-state index >= 15 is 0 Å². The predicted octanol–water partition coefficient (Wildman–Crippen LogP) is 2.77. The molecule has 0 atom stereocenters. The lowest BCUT2D eigenvalue weighted by Gasteiger charge is -2.06. The highest BCUT2D eigenvalue weighted by Crippen LogP contribution is 2.24. The lowest BCUT2D eigenvalue weighted by atomic mass is 10.2. The fourth-order valence-corrected chi connectivity index (χ4v) is 3.75. The SMILES string of the molecule is Cc1cccc(CSc2nc(N)c3[nH]c(=O)n(Cc4ccccc4)c3n2)c1.O=C=O. The summed E-state index contributed by atoms with van der Waals surface area (Å²) in [5.41, 5.74) is 10.3. The zero-order valence-corrected chi connectivity index (χ0v) is 17.0. The molecule has 3 N–H and O–H groups in total. The standard InChI is InChI=1S/C20H19N5OS.CO2/c1-13-6-5-9-15(10-13)12-27-19-23-17(21)16-18(24-19)25(20(26)22-16)11-14-7-3-2-4-8-14;2-1-3/h2-10H,11-12H2,1H3,(H,22,26)(H2,21,23,24);. The van der Waals surface area contributed by atoms with E-state index in [0.29, 0.717) is 22.9 Å². The number of carbonyl (C=O) groups excluding carboxylic acids is 2. The van der Waals surface area contributed by atoms with E-state index in [2.05, 4.69) is 40.1 Å². The number of nitrogens with two attached hydrogens (primary N) is 1. The monoisotopic (exact) mass is 421 g/mol. The van der Waals surface area contributed by atoms with Crippen molar-refractivity contribution < 1.29 is 9.59 Å². The second kappa shape index (κ2) is 9.69. The highest BCUT2D eigenvalue weighted by Gasteiger charge is 2.14. The molecule has 2 aromatic heterocycles. The molecule has 4 aromatic rings. The van der Waals surface area contributed by atoms with Crippen molar-refractivity contribution in [1.29, 1.82) is 0 Å². The Morgan fingerprint density at radius 2 is 1.77 bits per heavy atom. The van der Waals surface area contributed by atoms with E-state index in [0.717, 1.165) is 11.3 Å². The molecule has 8 nitrogen and oxygen atoms in total. The van der Waals surface area contributed by atoms with E-state index in [1.165, 1.54) is 22.9 Å². The van der Waals surface area contributed by atoms with Gasteiger partial charge in [0.15, 0.2) is 16.6 Å². The molecule has 2 heterocycles. The van der Waals surface area contributed by atoms with Crippen molar-refractivity contribution in [3.05, 3.63) is 81.8 Å². The molecule has 0 aliphatic heterocycles. The Kier molecular flexibility index (Phi) is 6.79. The number of nitrogen functional groups attached to an aromatic ring is 1. The number of aromatic amines is 1. The quantitative estimate of drug-likeness (QED) is 0.375. The first-order chi connectivity index (χ1) is 14.5. The Balaban J connectivity index is 0.000000806. The molecule has 0 aliphatic rings. The van der Waals surface area contributed by atoms with Crippen molar-refractivity contribution in [2.24, 2.45) is 0 Å². The molecule has 152 valence electrons. The molecule has 0 aliphatic carbocycles. The molecule has 30 heavy (non-hydrogen) atoms. The van der Waals surface area contributed by atoms with Crippen LogP contribution < -0.4 is 11.4 Å². The van der Waals surface area contributed by atoms with Crippen LogP contribution >= 0.6 is 11.8 Å². The number of anilines is 1. The first-order valence-corrected chi connectivity index (χ1v) is 9.98. The average molecular weight is 421 g/mol. The number of hydrogen-bond acceptors (Lipinski definition) is 7. The van der Waals surface area contributed by atoms with Crippen molar-refractivity contribution in [3.8, 4) is 0 Å². The van der Waals surface area contributed by atoms with Crippen LogP contribution in [0, 0.1) is 6.92 Å². The number of thioether (sulfide) groups is 1. The molecule has 0 saturated heterocycles. The van der Waals surface area contributed by atoms with Gasteiger partial charge in [-0.2, -0.15) is 9.59 Å². The predicted molar refractivity (Wildman–Crippen MR) is 114 cm³/mol. The lowest BCUT2D eigenvalue weighted by molar-refractivity contribution is -0.191. The van der Waals surface area contributed by atoms with Crippen LogP contribution in [0.1, 0.15) is 16.7 Å². The average Bonchev–Trinajstić information content (AvgIpc) is 3.04. The molecule has 0 amide bonds. The van der Waals surface area contributed by atoms with Crippen LogP contribution in [0.25, 0.3) is 11.2 Å². The van der Waals surface area contributed by atoms with Gasteiger partial charge in [0.05, 0.1) is 6.54 Å². The van der Waals surface area contributed by atoms with Crippen LogP contribution in [0.15, 0.2) is 64.5 Å². The summed E-state index contributed by atoms with van der Waals surface area (Å²) < 4.78 is 1.60. The van der Waals surface area contributed by atoms with Gasteiger partial charge in [0.2, 0.25) is 0 Å². The minimum atomic E-state index is -0.240. The van der Waals surface area contributed by atoms with Gasteiger partial charge < -0.3 is 10.7 Å². The number of hydrogen-bond donors (Lipinski definition) is 2. The summed E-state index contributed by atoms with van der Waals surface area (Å²) in [6.45, 7) is 2.49. The number of benzene rings is 2. The van der Waals surface area contributed by atoms with E-state index < -0.39 is 0 Å². The Morgan fingerprint density at radius 3 is 2.47 bits per heavy atom. The number of nitrogens with one attached hydrogen (secondary N) is 1. The third-order valence-corrected chi connectivity index (χ3v) is 5.18. The Morgan fingerprint density at radius 1 is 1.07 bits per heavy atom. The van der Waals surface area contributed by atoms with Crippen molar-refractivity contribution >= 4 is 34.9 Å². The molecule has 0 bridgehead atoms. The smallest absolute Gasteiger partial charge is 0.373 e. The zero-order valence-electron chi connectivity index (χ0n) is 16.2. The fraction of sp³-hybridized carbons (Fsp3) is 0.143. The van der Waals surface area contributed by atoms with E-state index in [4.69, 9.17) is 15.3 Å². The summed E-state index contributed by atoms with van der Waals surface area (Å²) in [5.74, 6) is 1.02. The van der Waals surface area contributed by atoms with Crippen LogP contribution in [0.4, 0.5) is 5.82 Å². The highest BCUT2D eigenvalue weighted by molar-refractivity contribution is 7.98. The van der Waals surface area contributed by atoms with Gasteiger partial charge in [0.1, 0.15) is 5.52 Å². The highest BCUT2D eigenvalue weighted by atomic mass is 32.2. The number of imidazole rings is 1. The molecule has 0 fully saturated rings. The van der Waals surface area contributed by atoms with E-state index in [9.17, 15) is 4.79 Å². The number of rotatable bonds is 5. The molecule has 0 radical (unpaired) electrons. The summed E-state index contributed by atoms with van der Waals surface area (Å²) in [5, 5.41) is 0.558. The normalized spacial score (nSPS) is 10.3. The van der Waals surface area contributed by atoms with Crippen LogP contribution in [0.2, 0.25) is 0 Å². The summed E-state index contributed by atoms with van der Waals surface area (Å²) >= 11 is 1.50. The van der Waals surface area contributed by atoms with E-state index in [1.54, 1.807) is 4.57 Å². The van der Waals surface area contributed by atoms with Crippen molar-refractivity contribution in [2.75, 3.05) is 5.73 Å². The third-order valence-electron chi connectivity index (χ3n) is 4.26. The Labute approximate surface area is 176 Å². The molecule has 2 aromatic carbocycles. The van der Waals surface area contributed by atoms with Gasteiger partial charge in [0, 0.05) is 5.75 Å². The van der Waals surface area contributed by atoms with Gasteiger partial charge in [-0.25, -0.2) is 14.8 Å². The third kappa shape index (κ3) is 5.02. The largest absolute Gasteiger partial charge is 0.382 e. The maximum atomic E-state index is 12.4. The second-order valence-electron chi connectivity index (χ2n) is 6.45. The summed E-state index contributed by atoms with van der Waals surface area (Å²) in [4.78, 5) is 40.4. The Bertz CT molecular complexity index is 1240. The lowest BCUT2D eigenvalue weighted by Crippen LogP contribution is -2.17. The number of H-pyrrole nitrogens is 1. The molecular weight excluding hydrogens is 402 g/mol. The van der Waals surface area contributed by atoms with Crippen molar-refractivity contribution in [2.45, 2.75) is 24.4 Å². The molecule has 4 rings (SSSR count). The molecule has 0 unspecified atom stereocenters. The van der Waals surface area contributed by atoms with Crippen LogP contribution in [-0.4, -0.2) is 25.7 Å². The van der Waals surface area contributed by atoms with Crippen LogP contribution in [0.3, 0.4) is 0 Å². The van der Waals surface area contributed by atoms with Gasteiger partial charge in [-0.05, 0) is 18.1 Å². The Hall–Kier alpha value is -3.68. The minimum absolute atomic E-state index is 0.240. The van der Waals surface area contributed by atoms with E-state index in [-0.39, 0.29) is 17.7 Å². The van der Waals surface area contributed by atoms with Gasteiger partial charge in [-0.3, -0.25) is 4.57 Å². The summed E-state index contributed by atoms with van der Waals surface area (Å²) in [7, 11) is 0. The topological polar surface area (TPSA) is 124 Å². The molecule has 0 saturated carbocycles. The van der Waals surface area contributed by atoms with Crippen LogP contribution in [-0.2, 0) is 21.9 Å². The van der Waals surface area contributed by atoms with Crippen molar-refractivity contribution in [1.82, 2.24) is 19.5 Å². The second-order valence-corrected chi connectivity index (χ2v) is 7.40. The molecule has 9 heteroatoms. The molecule has 0 spiro atoms. The summed E-state index contributed by atoms with van der Waals surface area (Å²) in [6.07, 6.45) is 0.250. The fourth-order valence-electron chi connectivity index (χ4n) is 2.96. The maximum Gasteiger partial charge on any atom is 0.373 e.